The highest BCUT2D eigenvalue weighted by Gasteiger charge is 2.42. The van der Waals surface area contributed by atoms with E-state index in [0.717, 1.165) is 25.1 Å². The Balaban J connectivity index is 1.79. The number of aliphatic hydroxyl groups excluding tert-OH is 2. The largest absolute Gasteiger partial charge is 0.416 e. The summed E-state index contributed by atoms with van der Waals surface area (Å²) in [5, 5.41) is 23.9. The monoisotopic (exact) mass is 451 g/mol. The van der Waals surface area contributed by atoms with Crippen molar-refractivity contribution in [1.29, 1.82) is 0 Å². The van der Waals surface area contributed by atoms with Crippen LogP contribution in [-0.2, 0) is 12.6 Å². The fourth-order valence-electron chi connectivity index (χ4n) is 4.34. The molecule has 5 nitrogen and oxygen atoms in total. The van der Waals surface area contributed by atoms with Crippen LogP contribution < -0.4 is 5.32 Å². The molecule has 1 aliphatic carbocycles. The van der Waals surface area contributed by atoms with Crippen LogP contribution in [0.25, 0.3) is 11.4 Å². The van der Waals surface area contributed by atoms with Crippen molar-refractivity contribution in [3.8, 4) is 11.4 Å². The zero-order valence-electron chi connectivity index (χ0n) is 18.7. The van der Waals surface area contributed by atoms with E-state index in [2.05, 4.69) is 36.1 Å². The molecule has 0 amide bonds. The summed E-state index contributed by atoms with van der Waals surface area (Å²) in [6.45, 7) is 7.18. The maximum Gasteiger partial charge on any atom is 0.416 e. The Kier molecular flexibility index (Phi) is 7.57. The van der Waals surface area contributed by atoms with Crippen LogP contribution >= 0.6 is 0 Å². The lowest BCUT2D eigenvalue weighted by Gasteiger charge is -2.26. The second kappa shape index (κ2) is 9.85. The van der Waals surface area contributed by atoms with Crippen LogP contribution in [0.4, 0.5) is 13.2 Å². The molecule has 32 heavy (non-hydrogen) atoms. The minimum Gasteiger partial charge on any atom is -0.396 e. The van der Waals surface area contributed by atoms with Gasteiger partial charge in [0.05, 0.1) is 11.7 Å². The van der Waals surface area contributed by atoms with Crippen LogP contribution in [0.5, 0.6) is 0 Å². The van der Waals surface area contributed by atoms with Gasteiger partial charge in [-0.2, -0.15) is 13.2 Å². The van der Waals surface area contributed by atoms with Crippen LogP contribution in [-0.4, -0.2) is 45.5 Å². The zero-order valence-corrected chi connectivity index (χ0v) is 18.7. The number of aliphatic hydroxyl groups is 2. The van der Waals surface area contributed by atoms with Crippen molar-refractivity contribution < 1.29 is 23.4 Å². The Hall–Kier alpha value is -2.03. The smallest absolute Gasteiger partial charge is 0.396 e. The van der Waals surface area contributed by atoms with Crippen molar-refractivity contribution in [2.45, 2.75) is 58.4 Å². The van der Waals surface area contributed by atoms with Gasteiger partial charge in [-0.15, -0.1) is 0 Å². The van der Waals surface area contributed by atoms with Crippen molar-refractivity contribution in [3.63, 3.8) is 0 Å². The molecule has 1 aliphatic rings. The predicted octanol–water partition coefficient (Wildman–Crippen LogP) is 4.09. The van der Waals surface area contributed by atoms with Crippen molar-refractivity contribution in [2.24, 2.45) is 17.3 Å². The first-order valence-corrected chi connectivity index (χ1v) is 11.0. The van der Waals surface area contributed by atoms with E-state index in [1.807, 2.05) is 0 Å². The van der Waals surface area contributed by atoms with Gasteiger partial charge in [-0.3, -0.25) is 0 Å². The number of benzene rings is 1. The number of hydrogen-bond acceptors (Lipinski definition) is 5. The lowest BCUT2D eigenvalue weighted by atomic mass is 9.88. The summed E-state index contributed by atoms with van der Waals surface area (Å²) < 4.78 is 39.2. The van der Waals surface area contributed by atoms with Gasteiger partial charge >= 0.3 is 6.18 Å². The van der Waals surface area contributed by atoms with E-state index in [1.54, 1.807) is 18.3 Å². The van der Waals surface area contributed by atoms with Gasteiger partial charge in [0.25, 0.3) is 0 Å². The number of aromatic nitrogens is 2. The van der Waals surface area contributed by atoms with E-state index in [1.165, 1.54) is 6.07 Å². The van der Waals surface area contributed by atoms with Gasteiger partial charge < -0.3 is 15.5 Å². The van der Waals surface area contributed by atoms with Crippen LogP contribution in [0.3, 0.4) is 0 Å². The molecule has 1 fully saturated rings. The highest BCUT2D eigenvalue weighted by molar-refractivity contribution is 5.56. The number of hydrogen-bond donors (Lipinski definition) is 3. The summed E-state index contributed by atoms with van der Waals surface area (Å²) in [5.41, 5.74) is 0.411. The fourth-order valence-corrected chi connectivity index (χ4v) is 4.34. The number of rotatable bonds is 7. The SMILES string of the molecule is CC(C)(C)CCNC1CC(O)C(CO)C1Cc1ccnc(-c2cccc(C(F)(F)F)c2)n1. The van der Waals surface area contributed by atoms with Crippen LogP contribution in [0.1, 0.15) is 44.9 Å². The molecule has 0 aliphatic heterocycles. The minimum absolute atomic E-state index is 0.0245. The fraction of sp³-hybridized carbons (Fsp3) is 0.583. The Morgan fingerprint density at radius 3 is 2.53 bits per heavy atom. The standard InChI is InChI=1S/C24H32F3N3O2/c1-23(2,3)8-10-28-20-13-21(32)19(14-31)18(20)12-17-7-9-29-22(30-17)15-5-4-6-16(11-15)24(25,26)27/h4-7,9,11,18-21,28,31-32H,8,10,12-14H2,1-3H3. The van der Waals surface area contributed by atoms with Gasteiger partial charge in [0, 0.05) is 36.0 Å². The van der Waals surface area contributed by atoms with Crippen LogP contribution in [0.15, 0.2) is 36.5 Å². The van der Waals surface area contributed by atoms with E-state index in [4.69, 9.17) is 0 Å². The molecule has 1 aromatic heterocycles. The molecule has 0 spiro atoms. The van der Waals surface area contributed by atoms with Crippen molar-refractivity contribution in [1.82, 2.24) is 15.3 Å². The summed E-state index contributed by atoms with van der Waals surface area (Å²) in [4.78, 5) is 8.67. The van der Waals surface area contributed by atoms with Gasteiger partial charge in [-0.05, 0) is 55.3 Å². The molecular weight excluding hydrogens is 419 g/mol. The molecule has 0 bridgehead atoms. The zero-order chi connectivity index (χ0) is 23.5. The Labute approximate surface area is 187 Å². The summed E-state index contributed by atoms with van der Waals surface area (Å²) in [6.07, 6.45) is -1.49. The third-order valence-electron chi connectivity index (χ3n) is 6.15. The maximum absolute atomic E-state index is 13.1. The third kappa shape index (κ3) is 6.27. The number of alkyl halides is 3. The Morgan fingerprint density at radius 1 is 1.12 bits per heavy atom. The quantitative estimate of drug-likeness (QED) is 0.591. The summed E-state index contributed by atoms with van der Waals surface area (Å²) >= 11 is 0. The summed E-state index contributed by atoms with van der Waals surface area (Å²) in [5.74, 6) is -0.0988. The van der Waals surface area contributed by atoms with Gasteiger partial charge in [-0.25, -0.2) is 9.97 Å². The summed E-state index contributed by atoms with van der Waals surface area (Å²) in [6, 6.07) is 6.73. The highest BCUT2D eigenvalue weighted by atomic mass is 19.4. The molecule has 0 saturated heterocycles. The molecular formula is C24H32F3N3O2. The number of nitrogens with zero attached hydrogens (tertiary/aromatic N) is 2. The van der Waals surface area contributed by atoms with Gasteiger partial charge in [0.1, 0.15) is 0 Å². The first-order chi connectivity index (χ1) is 15.0. The second-order valence-electron chi connectivity index (χ2n) is 9.84. The molecule has 1 saturated carbocycles. The van der Waals surface area contributed by atoms with Gasteiger partial charge in [0.15, 0.2) is 5.82 Å². The molecule has 4 atom stereocenters. The molecule has 8 heteroatoms. The maximum atomic E-state index is 13.1. The molecule has 3 N–H and O–H groups in total. The van der Waals surface area contributed by atoms with Gasteiger partial charge in [0.2, 0.25) is 0 Å². The van der Waals surface area contributed by atoms with Crippen molar-refractivity contribution in [2.75, 3.05) is 13.2 Å². The van der Waals surface area contributed by atoms with E-state index in [-0.39, 0.29) is 35.7 Å². The van der Waals surface area contributed by atoms with E-state index >= 15 is 0 Å². The van der Waals surface area contributed by atoms with Crippen LogP contribution in [0.2, 0.25) is 0 Å². The lowest BCUT2D eigenvalue weighted by molar-refractivity contribution is -0.137. The molecule has 1 aromatic carbocycles. The molecule has 2 aromatic rings. The lowest BCUT2D eigenvalue weighted by Crippen LogP contribution is -2.37. The van der Waals surface area contributed by atoms with E-state index < -0.39 is 17.8 Å². The first-order valence-electron chi connectivity index (χ1n) is 11.0. The third-order valence-corrected chi connectivity index (χ3v) is 6.15. The molecule has 3 rings (SSSR count). The molecule has 4 unspecified atom stereocenters. The highest BCUT2D eigenvalue weighted by Crippen LogP contribution is 2.35. The Morgan fingerprint density at radius 2 is 1.88 bits per heavy atom. The number of halogens is 3. The minimum atomic E-state index is -4.44. The second-order valence-corrected chi connectivity index (χ2v) is 9.84. The topological polar surface area (TPSA) is 78.3 Å². The Bertz CT molecular complexity index is 899. The normalized spacial score (nSPS) is 24.1. The van der Waals surface area contributed by atoms with E-state index in [0.29, 0.717) is 24.1 Å². The number of nitrogens with one attached hydrogen (secondary N) is 1. The van der Waals surface area contributed by atoms with Crippen molar-refractivity contribution >= 4 is 0 Å². The molecule has 1 heterocycles. The van der Waals surface area contributed by atoms with Crippen LogP contribution in [0, 0.1) is 17.3 Å². The average Bonchev–Trinajstić information content (AvgIpc) is 3.01. The van der Waals surface area contributed by atoms with Gasteiger partial charge in [-0.1, -0.05) is 32.9 Å². The average molecular weight is 452 g/mol. The molecule has 0 radical (unpaired) electrons. The van der Waals surface area contributed by atoms with E-state index in [9.17, 15) is 23.4 Å². The predicted molar refractivity (Wildman–Crippen MR) is 117 cm³/mol. The molecule has 176 valence electrons. The first kappa shape index (κ1) is 24.6. The summed E-state index contributed by atoms with van der Waals surface area (Å²) in [7, 11) is 0. The van der Waals surface area contributed by atoms with Crippen molar-refractivity contribution in [3.05, 3.63) is 47.8 Å².